The Bertz CT molecular complexity index is 748. The summed E-state index contributed by atoms with van der Waals surface area (Å²) in [7, 11) is 1.70. The van der Waals surface area contributed by atoms with E-state index in [0.717, 1.165) is 0 Å². The van der Waals surface area contributed by atoms with Gasteiger partial charge in [0.25, 0.3) is 0 Å². The number of urea groups is 1. The first-order chi connectivity index (χ1) is 10.6. The first-order valence-electron chi connectivity index (χ1n) is 6.76. The molecule has 0 saturated heterocycles. The molecule has 22 heavy (non-hydrogen) atoms. The zero-order valence-corrected chi connectivity index (χ0v) is 12.7. The number of hydrogen-bond donors (Lipinski definition) is 1. The van der Waals surface area contributed by atoms with Crippen molar-refractivity contribution in [2.24, 2.45) is 0 Å². The molecule has 0 unspecified atom stereocenters. The van der Waals surface area contributed by atoms with Gasteiger partial charge in [0.2, 0.25) is 5.91 Å². The Hall–Kier alpha value is -2.53. The second kappa shape index (κ2) is 5.69. The van der Waals surface area contributed by atoms with Gasteiger partial charge in [0.1, 0.15) is 6.54 Å². The predicted octanol–water partition coefficient (Wildman–Crippen LogP) is 3.35. The lowest BCUT2D eigenvalue weighted by Crippen LogP contribution is -2.48. The fraction of sp³-hybridized carbons (Fsp3) is 0.125. The highest BCUT2D eigenvalue weighted by Crippen LogP contribution is 2.32. The van der Waals surface area contributed by atoms with Gasteiger partial charge in [0.15, 0.2) is 0 Å². The van der Waals surface area contributed by atoms with Crippen LogP contribution in [-0.2, 0) is 4.79 Å². The number of benzene rings is 2. The molecule has 0 saturated carbocycles. The molecule has 5 nitrogen and oxygen atoms in total. The molecule has 2 aromatic rings. The SMILES string of the molecule is CN1C(=O)CN(C(=O)Nc2cccc(Cl)c2)c2ccccc21. The number of amides is 3. The van der Waals surface area contributed by atoms with E-state index in [1.165, 1.54) is 4.90 Å². The van der Waals surface area contributed by atoms with Crippen LogP contribution in [0.2, 0.25) is 5.02 Å². The second-order valence-electron chi connectivity index (χ2n) is 4.97. The summed E-state index contributed by atoms with van der Waals surface area (Å²) in [5, 5.41) is 3.30. The summed E-state index contributed by atoms with van der Waals surface area (Å²) < 4.78 is 0. The van der Waals surface area contributed by atoms with E-state index in [-0.39, 0.29) is 18.5 Å². The first-order valence-corrected chi connectivity index (χ1v) is 7.14. The summed E-state index contributed by atoms with van der Waals surface area (Å²) in [6.07, 6.45) is 0. The van der Waals surface area contributed by atoms with Crippen molar-refractivity contribution in [3.63, 3.8) is 0 Å². The summed E-state index contributed by atoms with van der Waals surface area (Å²) in [6.45, 7) is -0.0000869. The van der Waals surface area contributed by atoms with E-state index in [9.17, 15) is 9.59 Å². The summed E-state index contributed by atoms with van der Waals surface area (Å²) >= 11 is 5.91. The van der Waals surface area contributed by atoms with Crippen molar-refractivity contribution in [3.05, 3.63) is 53.6 Å². The third kappa shape index (κ3) is 2.63. The van der Waals surface area contributed by atoms with Crippen molar-refractivity contribution in [1.29, 1.82) is 0 Å². The van der Waals surface area contributed by atoms with E-state index in [1.54, 1.807) is 36.2 Å². The third-order valence-corrected chi connectivity index (χ3v) is 3.76. The van der Waals surface area contributed by atoms with Crippen LogP contribution in [-0.4, -0.2) is 25.5 Å². The van der Waals surface area contributed by atoms with Crippen LogP contribution < -0.4 is 15.1 Å². The van der Waals surface area contributed by atoms with E-state index in [2.05, 4.69) is 5.32 Å². The van der Waals surface area contributed by atoms with Gasteiger partial charge < -0.3 is 10.2 Å². The highest BCUT2D eigenvalue weighted by Gasteiger charge is 2.30. The molecule has 0 spiro atoms. The number of carbonyl (C=O) groups excluding carboxylic acids is 2. The third-order valence-electron chi connectivity index (χ3n) is 3.52. The summed E-state index contributed by atoms with van der Waals surface area (Å²) in [5.41, 5.74) is 1.99. The molecule has 1 N–H and O–H groups in total. The average molecular weight is 316 g/mol. The fourth-order valence-corrected chi connectivity index (χ4v) is 2.57. The van der Waals surface area contributed by atoms with Gasteiger partial charge in [0.05, 0.1) is 11.4 Å². The molecule has 0 radical (unpaired) electrons. The zero-order chi connectivity index (χ0) is 15.7. The number of likely N-dealkylation sites (N-methyl/N-ethyl adjacent to an activating group) is 1. The van der Waals surface area contributed by atoms with Crippen LogP contribution in [0.4, 0.5) is 21.9 Å². The van der Waals surface area contributed by atoms with Crippen molar-refractivity contribution >= 4 is 40.6 Å². The number of rotatable bonds is 1. The maximum absolute atomic E-state index is 12.5. The molecule has 0 aromatic heterocycles. The molecular formula is C16H14ClN3O2. The first kappa shape index (κ1) is 14.4. The van der Waals surface area contributed by atoms with Gasteiger partial charge in [-0.25, -0.2) is 4.79 Å². The molecule has 0 bridgehead atoms. The number of anilines is 3. The summed E-state index contributed by atoms with van der Waals surface area (Å²) in [4.78, 5) is 27.5. The molecule has 1 heterocycles. The van der Waals surface area contributed by atoms with Crippen molar-refractivity contribution in [3.8, 4) is 0 Å². The van der Waals surface area contributed by atoms with Gasteiger partial charge in [-0.1, -0.05) is 29.8 Å². The van der Waals surface area contributed by atoms with Crippen molar-refractivity contribution < 1.29 is 9.59 Å². The molecule has 0 aliphatic carbocycles. The van der Waals surface area contributed by atoms with Crippen LogP contribution in [0.15, 0.2) is 48.5 Å². The Morgan fingerprint density at radius 1 is 1.14 bits per heavy atom. The fourth-order valence-electron chi connectivity index (χ4n) is 2.38. The highest BCUT2D eigenvalue weighted by molar-refractivity contribution is 6.31. The zero-order valence-electron chi connectivity index (χ0n) is 11.9. The molecule has 0 atom stereocenters. The Labute approximate surface area is 133 Å². The number of nitrogens with one attached hydrogen (secondary N) is 1. The number of nitrogens with zero attached hydrogens (tertiary/aromatic N) is 2. The molecule has 0 fully saturated rings. The minimum atomic E-state index is -0.365. The van der Waals surface area contributed by atoms with Crippen molar-refractivity contribution in [2.75, 3.05) is 28.7 Å². The molecule has 2 aromatic carbocycles. The number of hydrogen-bond acceptors (Lipinski definition) is 2. The number of carbonyl (C=O) groups is 2. The van der Waals surface area contributed by atoms with E-state index in [4.69, 9.17) is 11.6 Å². The van der Waals surface area contributed by atoms with Gasteiger partial charge in [-0.2, -0.15) is 0 Å². The smallest absolute Gasteiger partial charge is 0.312 e. The number of fused-ring (bicyclic) bond motifs is 1. The molecule has 112 valence electrons. The Kier molecular flexibility index (Phi) is 3.73. The molecule has 3 rings (SSSR count). The highest BCUT2D eigenvalue weighted by atomic mass is 35.5. The second-order valence-corrected chi connectivity index (χ2v) is 5.40. The normalized spacial score (nSPS) is 13.8. The molecule has 3 amide bonds. The van der Waals surface area contributed by atoms with Crippen LogP contribution in [0.25, 0.3) is 0 Å². The minimum absolute atomic E-state index is 0.0000869. The van der Waals surface area contributed by atoms with Gasteiger partial charge in [-0.3, -0.25) is 9.69 Å². The van der Waals surface area contributed by atoms with Crippen LogP contribution in [0.1, 0.15) is 0 Å². The Morgan fingerprint density at radius 2 is 1.86 bits per heavy atom. The van der Waals surface area contributed by atoms with E-state index < -0.39 is 0 Å². The molecular weight excluding hydrogens is 302 g/mol. The van der Waals surface area contributed by atoms with Gasteiger partial charge in [0, 0.05) is 17.8 Å². The van der Waals surface area contributed by atoms with Gasteiger partial charge >= 0.3 is 6.03 Å². The topological polar surface area (TPSA) is 52.7 Å². The van der Waals surface area contributed by atoms with Crippen LogP contribution in [0, 0.1) is 0 Å². The molecule has 6 heteroatoms. The predicted molar refractivity (Wildman–Crippen MR) is 87.7 cm³/mol. The summed E-state index contributed by atoms with van der Waals surface area (Å²) in [5.74, 6) is -0.139. The van der Waals surface area contributed by atoms with Crippen LogP contribution in [0.5, 0.6) is 0 Å². The van der Waals surface area contributed by atoms with Crippen molar-refractivity contribution in [2.45, 2.75) is 0 Å². The number of para-hydroxylation sites is 2. The van der Waals surface area contributed by atoms with Crippen molar-refractivity contribution in [1.82, 2.24) is 0 Å². The largest absolute Gasteiger partial charge is 0.326 e. The van der Waals surface area contributed by atoms with E-state index in [0.29, 0.717) is 22.1 Å². The van der Waals surface area contributed by atoms with Gasteiger partial charge in [-0.15, -0.1) is 0 Å². The maximum atomic E-state index is 12.5. The van der Waals surface area contributed by atoms with Gasteiger partial charge in [-0.05, 0) is 30.3 Å². The van der Waals surface area contributed by atoms with Crippen LogP contribution >= 0.6 is 11.6 Å². The molecule has 1 aliphatic rings. The lowest BCUT2D eigenvalue weighted by Gasteiger charge is -2.34. The lowest BCUT2D eigenvalue weighted by atomic mass is 10.2. The van der Waals surface area contributed by atoms with E-state index >= 15 is 0 Å². The lowest BCUT2D eigenvalue weighted by molar-refractivity contribution is -0.117. The number of halogens is 1. The quantitative estimate of drug-likeness (QED) is 0.877. The Balaban J connectivity index is 1.90. The average Bonchev–Trinajstić information content (AvgIpc) is 2.51. The monoisotopic (exact) mass is 315 g/mol. The summed E-state index contributed by atoms with van der Waals surface area (Å²) in [6, 6.07) is 13.8. The standard InChI is InChI=1S/C16H14ClN3O2/c1-19-13-7-2-3-8-14(13)20(10-15(19)21)16(22)18-12-6-4-5-11(17)9-12/h2-9H,10H2,1H3,(H,18,22). The van der Waals surface area contributed by atoms with E-state index in [1.807, 2.05) is 24.3 Å². The van der Waals surface area contributed by atoms with Crippen LogP contribution in [0.3, 0.4) is 0 Å². The Morgan fingerprint density at radius 3 is 2.59 bits per heavy atom. The maximum Gasteiger partial charge on any atom is 0.326 e. The minimum Gasteiger partial charge on any atom is -0.312 e. The molecule has 1 aliphatic heterocycles.